The number of ether oxygens (including phenoxy) is 2. The second-order valence-electron chi connectivity index (χ2n) is 11.0. The highest BCUT2D eigenvalue weighted by Gasteiger charge is 2.33. The van der Waals surface area contributed by atoms with Crippen molar-refractivity contribution in [1.82, 2.24) is 9.47 Å². The summed E-state index contributed by atoms with van der Waals surface area (Å²) in [5.74, 6) is 1.39. The smallest absolute Gasteiger partial charge is 0.270 e. The molecule has 0 saturated carbocycles. The van der Waals surface area contributed by atoms with Crippen LogP contribution in [0.5, 0.6) is 11.5 Å². The van der Waals surface area contributed by atoms with Gasteiger partial charge in [0, 0.05) is 44.8 Å². The van der Waals surface area contributed by atoms with Crippen molar-refractivity contribution in [3.05, 3.63) is 85.8 Å². The lowest BCUT2D eigenvalue weighted by atomic mass is 10.0. The fraction of sp³-hybridized carbons (Fsp3) is 0.353. The molecule has 5 rings (SSSR count). The van der Waals surface area contributed by atoms with Crippen molar-refractivity contribution in [2.45, 2.75) is 33.2 Å². The SMILES string of the molecule is CCCn1c(N2CCN(c3ccccc3F)CC2)c(C=C2SC(=S)N(CCc3ccc(OC)c(OC)c3)C2=O)c(C)c(C#N)c1=O. The second-order valence-corrected chi connectivity index (χ2v) is 12.7. The lowest BCUT2D eigenvalue weighted by molar-refractivity contribution is -0.122. The summed E-state index contributed by atoms with van der Waals surface area (Å²) in [6, 6.07) is 14.4. The van der Waals surface area contributed by atoms with Gasteiger partial charge in [-0.2, -0.15) is 5.26 Å². The lowest BCUT2D eigenvalue weighted by Gasteiger charge is -2.39. The van der Waals surface area contributed by atoms with Crippen molar-refractivity contribution in [2.75, 3.05) is 56.7 Å². The number of piperazine rings is 1. The molecule has 0 spiro atoms. The van der Waals surface area contributed by atoms with E-state index in [1.54, 1.807) is 48.8 Å². The molecule has 0 atom stereocenters. The van der Waals surface area contributed by atoms with Gasteiger partial charge in [-0.15, -0.1) is 0 Å². The van der Waals surface area contributed by atoms with Gasteiger partial charge in [0.15, 0.2) is 11.5 Å². The van der Waals surface area contributed by atoms with Crippen LogP contribution in [0.15, 0.2) is 52.2 Å². The summed E-state index contributed by atoms with van der Waals surface area (Å²) in [5.41, 5.74) is 2.37. The average Bonchev–Trinajstić information content (AvgIpc) is 3.33. The Kier molecular flexibility index (Phi) is 10.3. The van der Waals surface area contributed by atoms with Gasteiger partial charge in [0.2, 0.25) is 0 Å². The van der Waals surface area contributed by atoms with E-state index in [-0.39, 0.29) is 22.8 Å². The Morgan fingerprint density at radius 3 is 2.37 bits per heavy atom. The van der Waals surface area contributed by atoms with Gasteiger partial charge in [0.1, 0.15) is 27.6 Å². The van der Waals surface area contributed by atoms with E-state index >= 15 is 0 Å². The third kappa shape index (κ3) is 6.48. The Morgan fingerprint density at radius 2 is 1.72 bits per heavy atom. The van der Waals surface area contributed by atoms with Crippen molar-refractivity contribution in [3.63, 3.8) is 0 Å². The number of thioether (sulfide) groups is 1. The number of para-hydroxylation sites is 1. The highest BCUT2D eigenvalue weighted by Crippen LogP contribution is 2.37. The molecule has 240 valence electrons. The average molecular weight is 662 g/mol. The van der Waals surface area contributed by atoms with E-state index in [2.05, 4.69) is 11.0 Å². The van der Waals surface area contributed by atoms with Gasteiger partial charge in [0.05, 0.1) is 24.8 Å². The fourth-order valence-electron chi connectivity index (χ4n) is 5.88. The highest BCUT2D eigenvalue weighted by atomic mass is 32.2. The number of benzene rings is 2. The Hall–Kier alpha value is -4.34. The minimum absolute atomic E-state index is 0.0531. The van der Waals surface area contributed by atoms with E-state index in [1.807, 2.05) is 36.1 Å². The molecule has 2 saturated heterocycles. The van der Waals surface area contributed by atoms with Gasteiger partial charge < -0.3 is 19.3 Å². The number of nitriles is 1. The summed E-state index contributed by atoms with van der Waals surface area (Å²) in [6.45, 7) is 6.63. The first kappa shape index (κ1) is 33.0. The molecule has 3 aromatic rings. The number of nitrogens with zero attached hydrogens (tertiary/aromatic N) is 5. The summed E-state index contributed by atoms with van der Waals surface area (Å²) >= 11 is 6.85. The molecule has 2 aliphatic rings. The van der Waals surface area contributed by atoms with E-state index in [1.165, 1.54) is 17.8 Å². The van der Waals surface area contributed by atoms with Gasteiger partial charge in [-0.3, -0.25) is 19.1 Å². The number of pyridine rings is 1. The molecule has 0 bridgehead atoms. The van der Waals surface area contributed by atoms with Crippen LogP contribution >= 0.6 is 24.0 Å². The molecule has 2 aliphatic heterocycles. The lowest BCUT2D eigenvalue weighted by Crippen LogP contribution is -2.49. The van der Waals surface area contributed by atoms with Crippen molar-refractivity contribution in [1.29, 1.82) is 5.26 Å². The third-order valence-corrected chi connectivity index (χ3v) is 9.66. The number of carbonyl (C=O) groups excluding carboxylic acids is 1. The second kappa shape index (κ2) is 14.4. The largest absolute Gasteiger partial charge is 0.493 e. The number of aromatic nitrogens is 1. The molecule has 12 heteroatoms. The number of amides is 1. The summed E-state index contributed by atoms with van der Waals surface area (Å²) in [6.07, 6.45) is 3.00. The number of anilines is 2. The van der Waals surface area contributed by atoms with Crippen molar-refractivity contribution in [2.24, 2.45) is 0 Å². The number of halogens is 1. The number of hydrogen-bond donors (Lipinski definition) is 0. The van der Waals surface area contributed by atoms with E-state index in [9.17, 15) is 19.2 Å². The third-order valence-electron chi connectivity index (χ3n) is 8.29. The summed E-state index contributed by atoms with van der Waals surface area (Å²) in [5, 5.41) is 9.99. The number of methoxy groups -OCH3 is 2. The van der Waals surface area contributed by atoms with Crippen LogP contribution in [0.1, 0.15) is 35.6 Å². The molecular weight excluding hydrogens is 626 g/mol. The van der Waals surface area contributed by atoms with Crippen LogP contribution in [0, 0.1) is 24.1 Å². The molecule has 0 radical (unpaired) electrons. The maximum atomic E-state index is 14.6. The molecule has 46 heavy (non-hydrogen) atoms. The molecule has 0 N–H and O–H groups in total. The predicted molar refractivity (Wildman–Crippen MR) is 184 cm³/mol. The minimum atomic E-state index is -0.354. The molecule has 2 aromatic carbocycles. The van der Waals surface area contributed by atoms with Gasteiger partial charge >= 0.3 is 0 Å². The fourth-order valence-corrected chi connectivity index (χ4v) is 7.17. The monoisotopic (exact) mass is 661 g/mol. The number of carbonyl (C=O) groups is 1. The van der Waals surface area contributed by atoms with E-state index in [0.717, 1.165) is 5.56 Å². The molecule has 3 heterocycles. The van der Waals surface area contributed by atoms with Crippen LogP contribution in [-0.4, -0.2) is 66.6 Å². The number of rotatable bonds is 10. The Labute approximate surface area is 277 Å². The van der Waals surface area contributed by atoms with Crippen LogP contribution in [0.3, 0.4) is 0 Å². The Bertz CT molecular complexity index is 1790. The zero-order valence-corrected chi connectivity index (χ0v) is 28.0. The molecule has 2 fully saturated rings. The molecule has 0 aliphatic carbocycles. The van der Waals surface area contributed by atoms with E-state index in [0.29, 0.717) is 95.5 Å². The molecular formula is C34H36FN5O4S2. The topological polar surface area (TPSA) is 91.0 Å². The van der Waals surface area contributed by atoms with Crippen molar-refractivity contribution < 1.29 is 18.7 Å². The maximum absolute atomic E-state index is 14.6. The van der Waals surface area contributed by atoms with Crippen LogP contribution in [0.4, 0.5) is 15.9 Å². The number of thiocarbonyl (C=S) groups is 1. The van der Waals surface area contributed by atoms with Gasteiger partial charge in [-0.05, 0) is 61.2 Å². The molecule has 0 unspecified atom stereocenters. The van der Waals surface area contributed by atoms with Gasteiger partial charge in [-0.25, -0.2) is 4.39 Å². The highest BCUT2D eigenvalue weighted by molar-refractivity contribution is 8.26. The van der Waals surface area contributed by atoms with Crippen LogP contribution < -0.4 is 24.8 Å². The Morgan fingerprint density at radius 1 is 1.02 bits per heavy atom. The quantitative estimate of drug-likeness (QED) is 0.210. The molecule has 1 amide bonds. The minimum Gasteiger partial charge on any atom is -0.493 e. The standard InChI is InChI=1S/C34H36FN5O4S2/c1-5-13-39-31(38-17-15-37(16-18-38)27-9-7-6-8-26(27)35)24(22(2)25(21-36)32(39)41)20-30-33(42)40(34(45)46-30)14-12-23-10-11-28(43-3)29(19-23)44-4/h6-11,19-20H,5,12-18H2,1-4H3. The first-order valence-electron chi connectivity index (χ1n) is 15.1. The van der Waals surface area contributed by atoms with E-state index in [4.69, 9.17) is 21.7 Å². The summed E-state index contributed by atoms with van der Waals surface area (Å²) in [7, 11) is 3.16. The predicted octanol–water partition coefficient (Wildman–Crippen LogP) is 5.37. The van der Waals surface area contributed by atoms with Gasteiger partial charge in [0.25, 0.3) is 11.5 Å². The van der Waals surface area contributed by atoms with Crippen LogP contribution in [0.25, 0.3) is 6.08 Å². The van der Waals surface area contributed by atoms with Gasteiger partial charge in [-0.1, -0.05) is 49.1 Å². The van der Waals surface area contributed by atoms with Crippen LogP contribution in [0.2, 0.25) is 0 Å². The zero-order chi connectivity index (χ0) is 33.0. The maximum Gasteiger partial charge on any atom is 0.270 e. The molecule has 9 nitrogen and oxygen atoms in total. The normalized spacial score (nSPS) is 15.9. The molecule has 1 aromatic heterocycles. The summed E-state index contributed by atoms with van der Waals surface area (Å²) < 4.78 is 27.4. The van der Waals surface area contributed by atoms with E-state index < -0.39 is 0 Å². The first-order valence-corrected chi connectivity index (χ1v) is 16.3. The Balaban J connectivity index is 1.47. The number of hydrogen-bond acceptors (Lipinski definition) is 9. The summed E-state index contributed by atoms with van der Waals surface area (Å²) in [4.78, 5) is 33.4. The first-order chi connectivity index (χ1) is 22.2. The van der Waals surface area contributed by atoms with Crippen molar-refractivity contribution >= 4 is 51.8 Å². The van der Waals surface area contributed by atoms with Crippen LogP contribution in [-0.2, 0) is 17.8 Å². The van der Waals surface area contributed by atoms with Crippen molar-refractivity contribution in [3.8, 4) is 17.6 Å². The zero-order valence-electron chi connectivity index (χ0n) is 26.3.